The highest BCUT2D eigenvalue weighted by Crippen LogP contribution is 2.20. The second-order valence-electron chi connectivity index (χ2n) is 4.40. The van der Waals surface area contributed by atoms with Crippen molar-refractivity contribution in [3.8, 4) is 0 Å². The monoisotopic (exact) mass is 215 g/mol. The molecular formula is C14H17NO. The van der Waals surface area contributed by atoms with Crippen molar-refractivity contribution in [3.63, 3.8) is 0 Å². The topological polar surface area (TPSA) is 22.0 Å². The summed E-state index contributed by atoms with van der Waals surface area (Å²) in [6.45, 7) is 4.05. The lowest BCUT2D eigenvalue weighted by molar-refractivity contribution is 0.577. The third-order valence-electron chi connectivity index (χ3n) is 2.82. The number of aromatic nitrogens is 1. The van der Waals surface area contributed by atoms with E-state index in [1.165, 1.54) is 5.57 Å². The lowest BCUT2D eigenvalue weighted by Gasteiger charge is -2.13. The molecule has 0 N–H and O–H groups in total. The molecule has 2 rings (SSSR count). The molecule has 0 unspecified atom stereocenters. The largest absolute Gasteiger partial charge is 0.312 e. The number of allylic oxidation sites excluding steroid dienone is 4. The first kappa shape index (κ1) is 10.9. The number of hydrogen-bond acceptors (Lipinski definition) is 1. The van der Waals surface area contributed by atoms with Crippen LogP contribution < -0.4 is 5.56 Å². The Labute approximate surface area is 95.9 Å². The highest BCUT2D eigenvalue weighted by atomic mass is 16.1. The van der Waals surface area contributed by atoms with Crippen LogP contribution in [0.5, 0.6) is 0 Å². The molecular weight excluding hydrogens is 198 g/mol. The molecule has 0 radical (unpaired) electrons. The molecule has 0 saturated heterocycles. The van der Waals surface area contributed by atoms with Crippen molar-refractivity contribution in [1.82, 2.24) is 4.57 Å². The molecule has 84 valence electrons. The molecule has 0 atom stereocenters. The molecule has 0 spiro atoms. The van der Waals surface area contributed by atoms with E-state index in [1.807, 2.05) is 26.1 Å². The van der Waals surface area contributed by atoms with Gasteiger partial charge in [-0.05, 0) is 43.9 Å². The Balaban J connectivity index is 2.43. The van der Waals surface area contributed by atoms with Crippen LogP contribution >= 0.6 is 0 Å². The minimum Gasteiger partial charge on any atom is -0.312 e. The predicted molar refractivity (Wildman–Crippen MR) is 67.4 cm³/mol. The van der Waals surface area contributed by atoms with Gasteiger partial charge in [-0.1, -0.05) is 18.2 Å². The van der Waals surface area contributed by atoms with Gasteiger partial charge in [-0.15, -0.1) is 0 Å². The quantitative estimate of drug-likeness (QED) is 0.742. The summed E-state index contributed by atoms with van der Waals surface area (Å²) in [6.07, 6.45) is 10.7. The van der Waals surface area contributed by atoms with Crippen LogP contribution in [0.25, 0.3) is 5.57 Å². The molecule has 0 amide bonds. The first-order chi connectivity index (χ1) is 7.68. The number of hydrogen-bond donors (Lipinski definition) is 0. The van der Waals surface area contributed by atoms with Crippen LogP contribution in [0.3, 0.4) is 0 Å². The zero-order valence-electron chi connectivity index (χ0n) is 9.81. The Morgan fingerprint density at radius 3 is 2.69 bits per heavy atom. The molecule has 0 aromatic carbocycles. The van der Waals surface area contributed by atoms with Gasteiger partial charge >= 0.3 is 0 Å². The van der Waals surface area contributed by atoms with Crippen molar-refractivity contribution in [3.05, 3.63) is 52.5 Å². The Hall–Kier alpha value is -1.57. The first-order valence-corrected chi connectivity index (χ1v) is 5.78. The molecule has 16 heavy (non-hydrogen) atoms. The summed E-state index contributed by atoms with van der Waals surface area (Å²) >= 11 is 0. The Morgan fingerprint density at radius 2 is 2.06 bits per heavy atom. The van der Waals surface area contributed by atoms with Crippen molar-refractivity contribution in [2.45, 2.75) is 32.7 Å². The summed E-state index contributed by atoms with van der Waals surface area (Å²) < 4.78 is 1.78. The lowest BCUT2D eigenvalue weighted by Crippen LogP contribution is -2.20. The zero-order valence-corrected chi connectivity index (χ0v) is 9.81. The second kappa shape index (κ2) is 4.52. The molecule has 1 aliphatic rings. The molecule has 0 aliphatic heterocycles. The lowest BCUT2D eigenvalue weighted by atomic mass is 10.0. The summed E-state index contributed by atoms with van der Waals surface area (Å²) in [4.78, 5) is 11.6. The van der Waals surface area contributed by atoms with E-state index in [1.54, 1.807) is 10.6 Å². The van der Waals surface area contributed by atoms with Gasteiger partial charge in [0.15, 0.2) is 0 Å². The molecule has 0 bridgehead atoms. The van der Waals surface area contributed by atoms with E-state index >= 15 is 0 Å². The van der Waals surface area contributed by atoms with Crippen molar-refractivity contribution in [1.29, 1.82) is 0 Å². The van der Waals surface area contributed by atoms with Gasteiger partial charge in [0.25, 0.3) is 5.56 Å². The van der Waals surface area contributed by atoms with E-state index in [0.29, 0.717) is 0 Å². The molecule has 1 heterocycles. The van der Waals surface area contributed by atoms with Gasteiger partial charge in [0, 0.05) is 18.3 Å². The van der Waals surface area contributed by atoms with Gasteiger partial charge in [-0.2, -0.15) is 0 Å². The highest BCUT2D eigenvalue weighted by molar-refractivity contribution is 5.74. The molecule has 2 nitrogen and oxygen atoms in total. The van der Waals surface area contributed by atoms with Crippen LogP contribution in [0, 0.1) is 0 Å². The fraction of sp³-hybridized carbons (Fsp3) is 0.357. The third kappa shape index (κ3) is 2.16. The summed E-state index contributed by atoms with van der Waals surface area (Å²) in [5.41, 5.74) is 2.42. The SMILES string of the molecule is CC(C)n1cc(C2=CCCC=C2)ccc1=O. The summed E-state index contributed by atoms with van der Waals surface area (Å²) in [5.74, 6) is 0. The number of rotatable bonds is 2. The minimum atomic E-state index is 0.0686. The average Bonchev–Trinajstić information content (AvgIpc) is 2.30. The Bertz CT molecular complexity index is 492. The second-order valence-corrected chi connectivity index (χ2v) is 4.40. The molecule has 1 aromatic rings. The third-order valence-corrected chi connectivity index (χ3v) is 2.82. The van der Waals surface area contributed by atoms with Crippen molar-refractivity contribution >= 4 is 5.57 Å². The van der Waals surface area contributed by atoms with E-state index in [4.69, 9.17) is 0 Å². The van der Waals surface area contributed by atoms with E-state index in [0.717, 1.165) is 18.4 Å². The molecule has 2 heteroatoms. The molecule has 1 aliphatic carbocycles. The van der Waals surface area contributed by atoms with Crippen LogP contribution in [0.4, 0.5) is 0 Å². The zero-order chi connectivity index (χ0) is 11.5. The van der Waals surface area contributed by atoms with Gasteiger partial charge in [0.05, 0.1) is 0 Å². The van der Waals surface area contributed by atoms with Crippen LogP contribution in [0.1, 0.15) is 38.3 Å². The average molecular weight is 215 g/mol. The summed E-state index contributed by atoms with van der Waals surface area (Å²) in [6, 6.07) is 3.77. The Kier molecular flexibility index (Phi) is 3.09. The number of pyridine rings is 1. The van der Waals surface area contributed by atoms with Crippen LogP contribution in [0.15, 0.2) is 41.4 Å². The smallest absolute Gasteiger partial charge is 0.250 e. The first-order valence-electron chi connectivity index (χ1n) is 5.78. The molecule has 0 saturated carbocycles. The van der Waals surface area contributed by atoms with E-state index in [-0.39, 0.29) is 11.6 Å². The summed E-state index contributed by atoms with van der Waals surface area (Å²) in [7, 11) is 0. The van der Waals surface area contributed by atoms with Gasteiger partial charge in [-0.3, -0.25) is 4.79 Å². The van der Waals surface area contributed by atoms with Gasteiger partial charge in [0.1, 0.15) is 0 Å². The van der Waals surface area contributed by atoms with E-state index in [2.05, 4.69) is 18.2 Å². The standard InChI is InChI=1S/C14H17NO/c1-11(2)15-10-13(8-9-14(15)16)12-6-4-3-5-7-12/h4,6-11H,3,5H2,1-2H3. The van der Waals surface area contributed by atoms with Crippen LogP contribution in [-0.2, 0) is 0 Å². The highest BCUT2D eigenvalue weighted by Gasteiger charge is 2.05. The predicted octanol–water partition coefficient (Wildman–Crippen LogP) is 3.16. The van der Waals surface area contributed by atoms with Crippen molar-refractivity contribution in [2.24, 2.45) is 0 Å². The maximum atomic E-state index is 11.6. The number of nitrogens with zero attached hydrogens (tertiary/aromatic N) is 1. The van der Waals surface area contributed by atoms with Crippen LogP contribution in [0.2, 0.25) is 0 Å². The van der Waals surface area contributed by atoms with E-state index in [9.17, 15) is 4.79 Å². The maximum Gasteiger partial charge on any atom is 0.250 e. The molecule has 0 fully saturated rings. The summed E-state index contributed by atoms with van der Waals surface area (Å²) in [5, 5.41) is 0. The Morgan fingerprint density at radius 1 is 1.25 bits per heavy atom. The normalized spacial score (nSPS) is 15.3. The van der Waals surface area contributed by atoms with Gasteiger partial charge < -0.3 is 4.57 Å². The minimum absolute atomic E-state index is 0.0686. The van der Waals surface area contributed by atoms with Crippen molar-refractivity contribution < 1.29 is 0 Å². The van der Waals surface area contributed by atoms with Gasteiger partial charge in [0.2, 0.25) is 0 Å². The maximum absolute atomic E-state index is 11.6. The van der Waals surface area contributed by atoms with Crippen LogP contribution in [-0.4, -0.2) is 4.57 Å². The van der Waals surface area contributed by atoms with Crippen molar-refractivity contribution in [2.75, 3.05) is 0 Å². The molecule has 1 aromatic heterocycles. The van der Waals surface area contributed by atoms with E-state index < -0.39 is 0 Å². The fourth-order valence-corrected chi connectivity index (χ4v) is 1.91. The van der Waals surface area contributed by atoms with Gasteiger partial charge in [-0.25, -0.2) is 0 Å². The fourth-order valence-electron chi connectivity index (χ4n) is 1.91.